The summed E-state index contributed by atoms with van der Waals surface area (Å²) in [5, 5.41) is 5.61. The number of anilines is 1. The number of likely N-dealkylation sites (N-methyl/N-ethyl adjacent to an activating group) is 1. The van der Waals surface area contributed by atoms with Gasteiger partial charge in [-0.2, -0.15) is 0 Å². The maximum atomic E-state index is 5.95. The van der Waals surface area contributed by atoms with Crippen molar-refractivity contribution in [3.05, 3.63) is 24.3 Å². The molecule has 1 heterocycles. The first-order valence-corrected chi connectivity index (χ1v) is 7.65. The standard InChI is InChI=1S/C15H22N2OS/c1-4-17(5-2)9-10-18-13-8-6-7-12-11-14(16-3)19-15(12)13/h6-8,11,16H,4-5,9-10H2,1-3H3. The van der Waals surface area contributed by atoms with E-state index in [1.54, 1.807) is 11.3 Å². The van der Waals surface area contributed by atoms with Gasteiger partial charge in [0.05, 0.1) is 9.70 Å². The van der Waals surface area contributed by atoms with Crippen molar-refractivity contribution in [3.8, 4) is 5.75 Å². The number of nitrogens with zero attached hydrogens (tertiary/aromatic N) is 1. The van der Waals surface area contributed by atoms with Gasteiger partial charge in [-0.3, -0.25) is 0 Å². The summed E-state index contributed by atoms with van der Waals surface area (Å²) in [6.07, 6.45) is 0. The van der Waals surface area contributed by atoms with Crippen LogP contribution in [0, 0.1) is 0 Å². The van der Waals surface area contributed by atoms with Crippen LogP contribution in [-0.4, -0.2) is 38.2 Å². The topological polar surface area (TPSA) is 24.5 Å². The molecule has 0 aliphatic heterocycles. The van der Waals surface area contributed by atoms with E-state index in [0.29, 0.717) is 0 Å². The van der Waals surface area contributed by atoms with Crippen molar-refractivity contribution in [2.24, 2.45) is 0 Å². The number of rotatable bonds is 7. The Balaban J connectivity index is 2.05. The summed E-state index contributed by atoms with van der Waals surface area (Å²) in [4.78, 5) is 2.37. The van der Waals surface area contributed by atoms with Crippen LogP contribution in [0.15, 0.2) is 24.3 Å². The predicted octanol–water partition coefficient (Wildman–Crippen LogP) is 3.66. The van der Waals surface area contributed by atoms with E-state index in [2.05, 4.69) is 48.3 Å². The molecule has 1 aromatic heterocycles. The van der Waals surface area contributed by atoms with Gasteiger partial charge in [0.15, 0.2) is 0 Å². The minimum atomic E-state index is 0.744. The van der Waals surface area contributed by atoms with Crippen LogP contribution in [0.5, 0.6) is 5.75 Å². The zero-order valence-corrected chi connectivity index (χ0v) is 12.7. The van der Waals surface area contributed by atoms with Crippen molar-refractivity contribution in [2.45, 2.75) is 13.8 Å². The largest absolute Gasteiger partial charge is 0.491 e. The lowest BCUT2D eigenvalue weighted by Crippen LogP contribution is -2.27. The number of nitrogens with one attached hydrogen (secondary N) is 1. The van der Waals surface area contributed by atoms with Gasteiger partial charge in [-0.1, -0.05) is 26.0 Å². The molecule has 1 N–H and O–H groups in total. The van der Waals surface area contributed by atoms with Crippen molar-refractivity contribution in [1.29, 1.82) is 0 Å². The van der Waals surface area contributed by atoms with Crippen molar-refractivity contribution in [1.82, 2.24) is 4.90 Å². The predicted molar refractivity (Wildman–Crippen MR) is 84.7 cm³/mol. The Morgan fingerprint density at radius 3 is 2.74 bits per heavy atom. The van der Waals surface area contributed by atoms with Crippen molar-refractivity contribution in [3.63, 3.8) is 0 Å². The number of benzene rings is 1. The van der Waals surface area contributed by atoms with E-state index in [-0.39, 0.29) is 0 Å². The van der Waals surface area contributed by atoms with Crippen LogP contribution in [0.2, 0.25) is 0 Å². The molecule has 0 saturated carbocycles. The first-order chi connectivity index (χ1) is 9.28. The van der Waals surface area contributed by atoms with Gasteiger partial charge in [-0.15, -0.1) is 11.3 Å². The third kappa shape index (κ3) is 3.39. The van der Waals surface area contributed by atoms with E-state index in [9.17, 15) is 0 Å². The molecular weight excluding hydrogens is 256 g/mol. The fraction of sp³-hybridized carbons (Fsp3) is 0.467. The molecule has 3 nitrogen and oxygen atoms in total. The van der Waals surface area contributed by atoms with Crippen LogP contribution in [0.4, 0.5) is 5.00 Å². The Hall–Kier alpha value is -1.26. The summed E-state index contributed by atoms with van der Waals surface area (Å²) in [5.74, 6) is 0.996. The minimum absolute atomic E-state index is 0.744. The quantitative estimate of drug-likeness (QED) is 0.836. The molecule has 0 amide bonds. The molecule has 0 aliphatic rings. The molecule has 0 aliphatic carbocycles. The first kappa shape index (κ1) is 14.2. The molecule has 0 unspecified atom stereocenters. The minimum Gasteiger partial charge on any atom is -0.491 e. The van der Waals surface area contributed by atoms with E-state index >= 15 is 0 Å². The first-order valence-electron chi connectivity index (χ1n) is 6.84. The molecule has 4 heteroatoms. The van der Waals surface area contributed by atoms with Gasteiger partial charge < -0.3 is 15.0 Å². The average Bonchev–Trinajstić information content (AvgIpc) is 2.87. The van der Waals surface area contributed by atoms with Crippen LogP contribution < -0.4 is 10.1 Å². The SMILES string of the molecule is CCN(CC)CCOc1cccc2cc(NC)sc12. The zero-order chi connectivity index (χ0) is 13.7. The monoisotopic (exact) mass is 278 g/mol. The summed E-state index contributed by atoms with van der Waals surface area (Å²) >= 11 is 1.74. The molecule has 104 valence electrons. The van der Waals surface area contributed by atoms with Crippen LogP contribution >= 0.6 is 11.3 Å². The molecule has 2 rings (SSSR count). The molecule has 0 saturated heterocycles. The van der Waals surface area contributed by atoms with Gasteiger partial charge in [0.2, 0.25) is 0 Å². The highest BCUT2D eigenvalue weighted by Crippen LogP contribution is 2.36. The van der Waals surface area contributed by atoms with Crippen molar-refractivity contribution >= 4 is 26.4 Å². The molecule has 0 atom stereocenters. The van der Waals surface area contributed by atoms with E-state index in [4.69, 9.17) is 4.74 Å². The normalized spacial score (nSPS) is 11.2. The van der Waals surface area contributed by atoms with Gasteiger partial charge >= 0.3 is 0 Å². The molecule has 0 fully saturated rings. The van der Waals surface area contributed by atoms with Gasteiger partial charge in [-0.25, -0.2) is 0 Å². The van der Waals surface area contributed by atoms with Crippen LogP contribution in [-0.2, 0) is 0 Å². The van der Waals surface area contributed by atoms with E-state index < -0.39 is 0 Å². The van der Waals surface area contributed by atoms with Crippen molar-refractivity contribution < 1.29 is 4.74 Å². The lowest BCUT2D eigenvalue weighted by molar-refractivity contribution is 0.224. The summed E-state index contributed by atoms with van der Waals surface area (Å²) in [7, 11) is 1.95. The molecule has 0 radical (unpaired) electrons. The molecule has 0 spiro atoms. The molecular formula is C15H22N2OS. The van der Waals surface area contributed by atoms with E-state index in [0.717, 1.165) is 32.0 Å². The highest BCUT2D eigenvalue weighted by Gasteiger charge is 2.07. The van der Waals surface area contributed by atoms with Crippen LogP contribution in [0.25, 0.3) is 10.1 Å². The number of ether oxygens (including phenoxy) is 1. The highest BCUT2D eigenvalue weighted by atomic mass is 32.1. The summed E-state index contributed by atoms with van der Waals surface area (Å²) in [6.45, 7) is 8.24. The fourth-order valence-corrected chi connectivity index (χ4v) is 3.08. The average molecular weight is 278 g/mol. The molecule has 1 aromatic carbocycles. The third-order valence-corrected chi connectivity index (χ3v) is 4.50. The zero-order valence-electron chi connectivity index (χ0n) is 11.9. The second-order valence-electron chi connectivity index (χ2n) is 4.41. The molecule has 0 bridgehead atoms. The van der Waals surface area contributed by atoms with Gasteiger partial charge in [-0.05, 0) is 30.6 Å². The Morgan fingerprint density at radius 1 is 1.26 bits per heavy atom. The Kier molecular flexibility index (Phi) is 5.05. The second-order valence-corrected chi connectivity index (χ2v) is 5.46. The highest BCUT2D eigenvalue weighted by molar-refractivity contribution is 7.23. The number of thiophene rings is 1. The third-order valence-electron chi connectivity index (χ3n) is 3.31. The summed E-state index contributed by atoms with van der Waals surface area (Å²) < 4.78 is 7.18. The summed E-state index contributed by atoms with van der Waals surface area (Å²) in [6, 6.07) is 8.41. The number of hydrogen-bond acceptors (Lipinski definition) is 4. The number of fused-ring (bicyclic) bond motifs is 1. The lowest BCUT2D eigenvalue weighted by atomic mass is 10.2. The van der Waals surface area contributed by atoms with Crippen LogP contribution in [0.1, 0.15) is 13.8 Å². The Labute approximate surface area is 119 Å². The maximum absolute atomic E-state index is 5.95. The Bertz CT molecular complexity index is 520. The van der Waals surface area contributed by atoms with E-state index in [1.165, 1.54) is 15.1 Å². The lowest BCUT2D eigenvalue weighted by Gasteiger charge is -2.18. The van der Waals surface area contributed by atoms with Gasteiger partial charge in [0.1, 0.15) is 12.4 Å². The van der Waals surface area contributed by atoms with E-state index in [1.807, 2.05) is 7.05 Å². The number of hydrogen-bond donors (Lipinski definition) is 1. The van der Waals surface area contributed by atoms with Crippen molar-refractivity contribution in [2.75, 3.05) is 38.6 Å². The fourth-order valence-electron chi connectivity index (χ4n) is 2.10. The van der Waals surface area contributed by atoms with Gasteiger partial charge in [0.25, 0.3) is 0 Å². The second kappa shape index (κ2) is 6.78. The smallest absolute Gasteiger partial charge is 0.137 e. The Morgan fingerprint density at radius 2 is 2.05 bits per heavy atom. The summed E-state index contributed by atoms with van der Waals surface area (Å²) in [5.41, 5.74) is 0. The van der Waals surface area contributed by atoms with Crippen LogP contribution in [0.3, 0.4) is 0 Å². The van der Waals surface area contributed by atoms with Gasteiger partial charge in [0, 0.05) is 13.6 Å². The molecule has 2 aromatic rings. The maximum Gasteiger partial charge on any atom is 0.137 e. The molecule has 19 heavy (non-hydrogen) atoms.